The van der Waals surface area contributed by atoms with Crippen LogP contribution in [0.2, 0.25) is 0 Å². The van der Waals surface area contributed by atoms with E-state index in [0.29, 0.717) is 17.1 Å². The highest BCUT2D eigenvalue weighted by Crippen LogP contribution is 2.56. The number of nitriles is 1. The van der Waals surface area contributed by atoms with E-state index in [-0.39, 0.29) is 26.1 Å². The van der Waals surface area contributed by atoms with Crippen molar-refractivity contribution in [1.82, 2.24) is 14.5 Å². The minimum Gasteiger partial charge on any atom is -0.497 e. The monoisotopic (exact) mass is 810 g/mol. The number of rotatable bonds is 17. The van der Waals surface area contributed by atoms with Crippen LogP contribution in [0.5, 0.6) is 11.5 Å². The van der Waals surface area contributed by atoms with Crippen molar-refractivity contribution in [3.05, 3.63) is 128 Å². The van der Waals surface area contributed by atoms with Crippen LogP contribution in [0, 0.1) is 18.3 Å². The first-order valence-corrected chi connectivity index (χ1v) is 21.9. The molecule has 12 nitrogen and oxygen atoms in total. The lowest BCUT2D eigenvalue weighted by Crippen LogP contribution is -2.38. The Balaban J connectivity index is 0.000000876. The molecule has 1 fully saturated rings. The summed E-state index contributed by atoms with van der Waals surface area (Å²) >= 11 is 10.1. The number of benzene rings is 3. The maximum Gasteiger partial charge on any atom is 0.330 e. The van der Waals surface area contributed by atoms with Gasteiger partial charge in [0.1, 0.15) is 29.4 Å². The summed E-state index contributed by atoms with van der Waals surface area (Å²) in [5.41, 5.74) is -2.57. The van der Waals surface area contributed by atoms with Crippen LogP contribution in [0.1, 0.15) is 62.1 Å². The molecule has 0 amide bonds. The molecule has 4 atom stereocenters. The molecule has 1 aliphatic rings. The maximum atomic E-state index is 12.9. The van der Waals surface area contributed by atoms with Crippen LogP contribution >= 0.6 is 17.9 Å². The molecule has 0 aliphatic carbocycles. The van der Waals surface area contributed by atoms with Gasteiger partial charge in [-0.15, -0.1) is 0 Å². The SMILES string of the molecule is CCN(CC)CC.COc1ccc(C(OC[C@H]2O[C@@H](n3cc(C)c(=O)[nH]c3=O)C[C@@H]2OP(=S)(S)OCCC#N)(c2ccccc2)c2ccc(OC)cc2)cc1. The number of H-pyrrole nitrogens is 1. The molecule has 1 aromatic heterocycles. The van der Waals surface area contributed by atoms with E-state index in [1.54, 1.807) is 21.1 Å². The van der Waals surface area contributed by atoms with Crippen LogP contribution < -0.4 is 20.7 Å². The van der Waals surface area contributed by atoms with Crippen LogP contribution in [-0.4, -0.2) is 73.7 Å². The Bertz CT molecular complexity index is 1950. The second-order valence-electron chi connectivity index (χ2n) is 12.6. The molecule has 296 valence electrons. The second kappa shape index (κ2) is 20.9. The van der Waals surface area contributed by atoms with Crippen molar-refractivity contribution in [3.8, 4) is 17.6 Å². The van der Waals surface area contributed by atoms with E-state index in [1.807, 2.05) is 84.9 Å². The van der Waals surface area contributed by atoms with Crippen LogP contribution in [0.4, 0.5) is 0 Å². The third-order valence-electron chi connectivity index (χ3n) is 9.35. The first-order valence-electron chi connectivity index (χ1n) is 18.2. The zero-order chi connectivity index (χ0) is 40.0. The third-order valence-corrected chi connectivity index (χ3v) is 11.6. The molecule has 0 bridgehead atoms. The van der Waals surface area contributed by atoms with E-state index in [9.17, 15) is 9.59 Å². The molecule has 0 spiro atoms. The number of ether oxygens (including phenoxy) is 4. The maximum absolute atomic E-state index is 12.9. The summed E-state index contributed by atoms with van der Waals surface area (Å²) < 4.78 is 37.7. The summed E-state index contributed by atoms with van der Waals surface area (Å²) in [4.78, 5) is 29.7. The number of nitrogens with one attached hydrogen (secondary N) is 1. The lowest BCUT2D eigenvalue weighted by atomic mass is 9.80. The summed E-state index contributed by atoms with van der Waals surface area (Å²) in [7, 11) is 3.21. The number of hydrogen-bond acceptors (Lipinski definition) is 11. The van der Waals surface area contributed by atoms with Gasteiger partial charge in [-0.2, -0.15) is 5.26 Å². The van der Waals surface area contributed by atoms with Crippen molar-refractivity contribution in [3.63, 3.8) is 0 Å². The molecule has 1 unspecified atom stereocenters. The fourth-order valence-corrected chi connectivity index (χ4v) is 8.40. The number of aromatic nitrogens is 2. The first-order chi connectivity index (χ1) is 26.4. The van der Waals surface area contributed by atoms with E-state index in [1.165, 1.54) is 30.4 Å². The van der Waals surface area contributed by atoms with Gasteiger partial charge in [0.05, 0.1) is 46.0 Å². The van der Waals surface area contributed by atoms with Gasteiger partial charge < -0.3 is 32.9 Å². The number of thiol groups is 1. The molecule has 15 heteroatoms. The average molecular weight is 811 g/mol. The molecule has 0 saturated carbocycles. The Kier molecular flexibility index (Phi) is 16.7. The van der Waals surface area contributed by atoms with Gasteiger partial charge in [0.25, 0.3) is 5.56 Å². The van der Waals surface area contributed by atoms with Gasteiger partial charge in [-0.05, 0) is 79.3 Å². The van der Waals surface area contributed by atoms with Crippen molar-refractivity contribution in [2.24, 2.45) is 0 Å². The summed E-state index contributed by atoms with van der Waals surface area (Å²) in [5, 5.41) is 8.98. The standard InChI is InChI=1S/C34H36N3O8PS2.C6H15N/c1-23-21-37(33(39)36-32(23)38)31-20-29(45-46(47,48)43-19-7-18-35)30(44-31)22-42-34(24-8-5-4-6-9-24,25-10-14-27(40-2)15-11-25)26-12-16-28(41-3)17-13-26;1-4-7(5-2)6-3/h4-6,8-17,21,29-31H,7,19-20,22H2,1-3H3,(H,47,48)(H,36,38,39);4-6H2,1-3H3/t29-,30+,31+;/m0./s1. The zero-order valence-corrected chi connectivity index (χ0v) is 34.8. The predicted molar refractivity (Wildman–Crippen MR) is 221 cm³/mol. The largest absolute Gasteiger partial charge is 0.497 e. The molecule has 1 N–H and O–H groups in total. The van der Waals surface area contributed by atoms with Gasteiger partial charge in [-0.1, -0.05) is 87.6 Å². The highest BCUT2D eigenvalue weighted by molar-refractivity contribution is 8.60. The highest BCUT2D eigenvalue weighted by atomic mass is 32.9. The van der Waals surface area contributed by atoms with E-state index in [0.717, 1.165) is 16.7 Å². The third kappa shape index (κ3) is 11.4. The van der Waals surface area contributed by atoms with Crippen molar-refractivity contribution in [2.45, 2.75) is 64.6 Å². The summed E-state index contributed by atoms with van der Waals surface area (Å²) in [6, 6.07) is 27.1. The topological polar surface area (TPSA) is 137 Å². The number of nitrogens with zero attached hydrogens (tertiary/aromatic N) is 3. The number of methoxy groups -OCH3 is 2. The Hall–Kier alpha value is -3.77. The zero-order valence-electron chi connectivity index (χ0n) is 32.2. The predicted octanol–water partition coefficient (Wildman–Crippen LogP) is 6.98. The number of aromatic amines is 1. The van der Waals surface area contributed by atoms with Crippen molar-refractivity contribution >= 4 is 29.7 Å². The summed E-state index contributed by atoms with van der Waals surface area (Å²) in [6.45, 7) is 11.8. The van der Waals surface area contributed by atoms with Crippen LogP contribution in [0.15, 0.2) is 94.6 Å². The molecule has 0 radical (unpaired) electrons. The minimum absolute atomic E-state index is 0.0213. The van der Waals surface area contributed by atoms with Crippen molar-refractivity contribution in [2.75, 3.05) is 47.1 Å². The highest BCUT2D eigenvalue weighted by Gasteiger charge is 2.44. The van der Waals surface area contributed by atoms with Gasteiger partial charge in [0.15, 0.2) is 0 Å². The lowest BCUT2D eigenvalue weighted by Gasteiger charge is -2.37. The van der Waals surface area contributed by atoms with Gasteiger partial charge in [-0.3, -0.25) is 14.3 Å². The molecule has 3 aromatic carbocycles. The Labute approximate surface area is 333 Å². The van der Waals surface area contributed by atoms with Crippen LogP contribution in [0.3, 0.4) is 0 Å². The van der Waals surface area contributed by atoms with Gasteiger partial charge in [0.2, 0.25) is 5.69 Å². The summed E-state index contributed by atoms with van der Waals surface area (Å²) in [6.07, 6.45) is -0.545. The van der Waals surface area contributed by atoms with Crippen molar-refractivity contribution < 1.29 is 28.0 Å². The van der Waals surface area contributed by atoms with Gasteiger partial charge in [0, 0.05) is 18.2 Å². The molecule has 2 heterocycles. The quantitative estimate of drug-likeness (QED) is 0.0495. The molecule has 55 heavy (non-hydrogen) atoms. The minimum atomic E-state index is -3.14. The number of hydrogen-bond donors (Lipinski definition) is 2. The van der Waals surface area contributed by atoms with Gasteiger partial charge in [-0.25, -0.2) is 4.79 Å². The van der Waals surface area contributed by atoms with Crippen molar-refractivity contribution in [1.29, 1.82) is 5.26 Å². The fraction of sp³-hybridized carbons (Fsp3) is 0.425. The second-order valence-corrected chi connectivity index (χ2v) is 17.9. The smallest absolute Gasteiger partial charge is 0.330 e. The fourth-order valence-electron chi connectivity index (χ4n) is 6.29. The Morgan fingerprint density at radius 2 is 1.49 bits per heavy atom. The molecular weight excluding hydrogens is 760 g/mol. The lowest BCUT2D eigenvalue weighted by molar-refractivity contribution is -0.0915. The van der Waals surface area contributed by atoms with E-state index in [4.69, 9.17) is 45.1 Å². The van der Waals surface area contributed by atoms with Crippen LogP contribution in [0.25, 0.3) is 0 Å². The Morgan fingerprint density at radius 3 is 1.98 bits per heavy atom. The molecule has 1 aliphatic heterocycles. The normalized spacial score (nSPS) is 17.8. The molecule has 5 rings (SSSR count). The van der Waals surface area contributed by atoms with E-state index >= 15 is 0 Å². The average Bonchev–Trinajstić information content (AvgIpc) is 3.59. The summed E-state index contributed by atoms with van der Waals surface area (Å²) in [5.74, 6) is 1.37. The first kappa shape index (κ1) is 44.0. The van der Waals surface area contributed by atoms with Crippen LogP contribution in [-0.2, 0) is 35.9 Å². The van der Waals surface area contributed by atoms with E-state index in [2.05, 4.69) is 42.9 Å². The number of aryl methyl sites for hydroxylation is 1. The molecule has 4 aromatic rings. The van der Waals surface area contributed by atoms with E-state index < -0.39 is 41.0 Å². The van der Waals surface area contributed by atoms with Gasteiger partial charge >= 0.3 is 5.69 Å². The molecular formula is C40H51N4O8PS2. The molecule has 1 saturated heterocycles. The Morgan fingerprint density at radius 1 is 0.945 bits per heavy atom.